The molecular weight excluding hydrogens is 436 g/mol. The van der Waals surface area contributed by atoms with E-state index in [1.54, 1.807) is 19.1 Å². The van der Waals surface area contributed by atoms with E-state index < -0.39 is 16.1 Å². The van der Waals surface area contributed by atoms with Crippen molar-refractivity contribution in [3.8, 4) is 5.75 Å². The molecule has 1 aliphatic rings. The van der Waals surface area contributed by atoms with Gasteiger partial charge in [-0.25, -0.2) is 8.42 Å². The first-order chi connectivity index (χ1) is 14.7. The minimum atomic E-state index is -3.75. The SMILES string of the molecule is CC[C@@H](C(=O)N[C@@H](C)c1ccc2c(c1)CCC2)N(c1ccc(OC)c(Cl)c1)S(C)(=O)=O. The number of rotatable bonds is 8. The highest BCUT2D eigenvalue weighted by molar-refractivity contribution is 7.92. The molecule has 2 atom stereocenters. The lowest BCUT2D eigenvalue weighted by atomic mass is 10.0. The molecule has 0 aromatic heterocycles. The number of ether oxygens (including phenoxy) is 1. The predicted octanol–water partition coefficient (Wildman–Crippen LogP) is 4.26. The van der Waals surface area contributed by atoms with Crippen LogP contribution in [0.5, 0.6) is 5.75 Å². The van der Waals surface area contributed by atoms with Gasteiger partial charge < -0.3 is 10.1 Å². The molecule has 0 spiro atoms. The molecule has 31 heavy (non-hydrogen) atoms. The van der Waals surface area contributed by atoms with Gasteiger partial charge >= 0.3 is 0 Å². The van der Waals surface area contributed by atoms with Gasteiger partial charge in [0, 0.05) is 0 Å². The molecule has 1 N–H and O–H groups in total. The number of methoxy groups -OCH3 is 1. The van der Waals surface area contributed by atoms with Crippen molar-refractivity contribution in [2.24, 2.45) is 0 Å². The van der Waals surface area contributed by atoms with Crippen molar-refractivity contribution >= 4 is 33.2 Å². The lowest BCUT2D eigenvalue weighted by Gasteiger charge is -2.31. The third kappa shape index (κ3) is 5.15. The number of carbonyl (C=O) groups is 1. The van der Waals surface area contributed by atoms with Crippen molar-refractivity contribution in [1.29, 1.82) is 0 Å². The molecule has 6 nitrogen and oxygen atoms in total. The Balaban J connectivity index is 1.86. The van der Waals surface area contributed by atoms with Crippen LogP contribution < -0.4 is 14.4 Å². The molecule has 168 valence electrons. The Kier molecular flexibility index (Phi) is 7.17. The average Bonchev–Trinajstić information content (AvgIpc) is 3.18. The molecule has 3 rings (SSSR count). The quantitative estimate of drug-likeness (QED) is 0.633. The summed E-state index contributed by atoms with van der Waals surface area (Å²) in [6, 6.07) is 9.84. The topological polar surface area (TPSA) is 75.7 Å². The summed E-state index contributed by atoms with van der Waals surface area (Å²) in [7, 11) is -2.26. The van der Waals surface area contributed by atoms with E-state index in [-0.39, 0.29) is 17.0 Å². The molecule has 2 aromatic carbocycles. The average molecular weight is 465 g/mol. The number of hydrogen-bond acceptors (Lipinski definition) is 4. The van der Waals surface area contributed by atoms with Gasteiger partial charge in [-0.05, 0) is 67.5 Å². The number of anilines is 1. The van der Waals surface area contributed by atoms with Crippen molar-refractivity contribution < 1.29 is 17.9 Å². The Labute approximate surface area is 189 Å². The molecule has 2 aromatic rings. The zero-order valence-electron chi connectivity index (χ0n) is 18.3. The van der Waals surface area contributed by atoms with E-state index >= 15 is 0 Å². The van der Waals surface area contributed by atoms with Crippen LogP contribution in [-0.2, 0) is 27.7 Å². The van der Waals surface area contributed by atoms with Gasteiger partial charge in [0.1, 0.15) is 11.8 Å². The summed E-state index contributed by atoms with van der Waals surface area (Å²) in [5.41, 5.74) is 4.03. The monoisotopic (exact) mass is 464 g/mol. The van der Waals surface area contributed by atoms with Crippen molar-refractivity contribution in [2.75, 3.05) is 17.7 Å². The fourth-order valence-corrected chi connectivity index (χ4v) is 5.56. The van der Waals surface area contributed by atoms with Crippen LogP contribution in [-0.4, -0.2) is 33.7 Å². The highest BCUT2D eigenvalue weighted by Crippen LogP contribution is 2.32. The number of nitrogens with one attached hydrogen (secondary N) is 1. The first-order valence-corrected chi connectivity index (χ1v) is 12.6. The zero-order valence-corrected chi connectivity index (χ0v) is 19.9. The molecule has 0 radical (unpaired) electrons. The van der Waals surface area contributed by atoms with Crippen LogP contribution in [0.15, 0.2) is 36.4 Å². The van der Waals surface area contributed by atoms with Crippen LogP contribution in [0.2, 0.25) is 5.02 Å². The largest absolute Gasteiger partial charge is 0.495 e. The van der Waals surface area contributed by atoms with E-state index in [0.717, 1.165) is 35.4 Å². The highest BCUT2D eigenvalue weighted by Gasteiger charge is 2.32. The maximum absolute atomic E-state index is 13.2. The van der Waals surface area contributed by atoms with Crippen molar-refractivity contribution in [3.05, 3.63) is 58.1 Å². The minimum Gasteiger partial charge on any atom is -0.495 e. The van der Waals surface area contributed by atoms with Crippen molar-refractivity contribution in [3.63, 3.8) is 0 Å². The van der Waals surface area contributed by atoms with E-state index in [0.29, 0.717) is 17.9 Å². The van der Waals surface area contributed by atoms with E-state index in [1.165, 1.54) is 24.3 Å². The molecular formula is C23H29ClN2O4S. The highest BCUT2D eigenvalue weighted by atomic mass is 35.5. The summed E-state index contributed by atoms with van der Waals surface area (Å²) in [6.07, 6.45) is 4.71. The van der Waals surface area contributed by atoms with Gasteiger partial charge in [0.05, 0.1) is 30.1 Å². The van der Waals surface area contributed by atoms with Crippen LogP contribution in [0.1, 0.15) is 49.4 Å². The first kappa shape index (κ1) is 23.4. The van der Waals surface area contributed by atoms with Crippen LogP contribution >= 0.6 is 11.6 Å². The van der Waals surface area contributed by atoms with E-state index in [9.17, 15) is 13.2 Å². The predicted molar refractivity (Wildman–Crippen MR) is 124 cm³/mol. The number of carbonyl (C=O) groups excluding carboxylic acids is 1. The van der Waals surface area contributed by atoms with Crippen molar-refractivity contribution in [2.45, 2.75) is 51.6 Å². The molecule has 1 amide bonds. The van der Waals surface area contributed by atoms with E-state index in [4.69, 9.17) is 16.3 Å². The van der Waals surface area contributed by atoms with Gasteiger partial charge in [0.15, 0.2) is 0 Å². The van der Waals surface area contributed by atoms with Crippen LogP contribution in [0, 0.1) is 0 Å². The summed E-state index contributed by atoms with van der Waals surface area (Å²) in [5, 5.41) is 3.27. The van der Waals surface area contributed by atoms with Crippen molar-refractivity contribution in [1.82, 2.24) is 5.32 Å². The summed E-state index contributed by atoms with van der Waals surface area (Å²) >= 11 is 6.21. The second kappa shape index (κ2) is 9.49. The third-order valence-electron chi connectivity index (χ3n) is 5.70. The number of amides is 1. The standard InChI is InChI=1S/C23H29ClN2O4S/c1-5-21(26(31(4,28)29)19-11-12-22(30-3)20(24)14-19)23(27)25-15(2)17-10-9-16-7-6-8-18(16)13-17/h9-15,21H,5-8H2,1-4H3,(H,25,27)/t15-,21-/m0/s1. The Hall–Kier alpha value is -2.25. The molecule has 0 fully saturated rings. The Bertz CT molecular complexity index is 1070. The zero-order chi connectivity index (χ0) is 22.8. The molecule has 0 bridgehead atoms. The van der Waals surface area contributed by atoms with Gasteiger partial charge in [-0.3, -0.25) is 9.10 Å². The van der Waals surface area contributed by atoms with Crippen LogP contribution in [0.25, 0.3) is 0 Å². The number of aryl methyl sites for hydroxylation is 2. The molecule has 0 aliphatic heterocycles. The summed E-state index contributed by atoms with van der Waals surface area (Å²) < 4.78 is 31.6. The third-order valence-corrected chi connectivity index (χ3v) is 7.18. The normalized spacial score (nSPS) is 15.1. The maximum atomic E-state index is 13.2. The van der Waals surface area contributed by atoms with Gasteiger partial charge in [0.25, 0.3) is 0 Å². The van der Waals surface area contributed by atoms with Crippen LogP contribution in [0.3, 0.4) is 0 Å². The Morgan fingerprint density at radius 1 is 1.19 bits per heavy atom. The fourth-order valence-electron chi connectivity index (χ4n) is 4.11. The molecule has 0 saturated heterocycles. The Morgan fingerprint density at radius 3 is 2.52 bits per heavy atom. The van der Waals surface area contributed by atoms with Crippen LogP contribution in [0.4, 0.5) is 5.69 Å². The number of sulfonamides is 1. The molecule has 0 unspecified atom stereocenters. The number of nitrogens with zero attached hydrogens (tertiary/aromatic N) is 1. The lowest BCUT2D eigenvalue weighted by molar-refractivity contribution is -0.122. The van der Waals surface area contributed by atoms with Gasteiger partial charge in [-0.1, -0.05) is 36.7 Å². The summed E-state index contributed by atoms with van der Waals surface area (Å²) in [6.45, 7) is 3.70. The molecule has 1 aliphatic carbocycles. The van der Waals surface area contributed by atoms with Gasteiger partial charge in [-0.2, -0.15) is 0 Å². The molecule has 0 saturated carbocycles. The number of hydrogen-bond donors (Lipinski definition) is 1. The summed E-state index contributed by atoms with van der Waals surface area (Å²) in [5.74, 6) is 0.0782. The van der Waals surface area contributed by atoms with E-state index in [2.05, 4.69) is 17.4 Å². The number of halogens is 1. The lowest BCUT2D eigenvalue weighted by Crippen LogP contribution is -2.49. The maximum Gasteiger partial charge on any atom is 0.244 e. The molecule has 0 heterocycles. The van der Waals surface area contributed by atoms with Gasteiger partial charge in [-0.15, -0.1) is 0 Å². The second-order valence-corrected chi connectivity index (χ2v) is 10.2. The smallest absolute Gasteiger partial charge is 0.244 e. The second-order valence-electron chi connectivity index (χ2n) is 7.91. The van der Waals surface area contributed by atoms with E-state index in [1.807, 2.05) is 13.0 Å². The fraction of sp³-hybridized carbons (Fsp3) is 0.435. The summed E-state index contributed by atoms with van der Waals surface area (Å²) in [4.78, 5) is 13.2. The first-order valence-electron chi connectivity index (χ1n) is 10.4. The minimum absolute atomic E-state index is 0.242. The Morgan fingerprint density at radius 2 is 1.90 bits per heavy atom. The number of fused-ring (bicyclic) bond motifs is 1. The molecule has 8 heteroatoms. The number of benzene rings is 2. The van der Waals surface area contributed by atoms with Gasteiger partial charge in [0.2, 0.25) is 15.9 Å².